The van der Waals surface area contributed by atoms with Crippen molar-refractivity contribution in [2.75, 3.05) is 6.54 Å². The van der Waals surface area contributed by atoms with Gasteiger partial charge in [-0.25, -0.2) is 0 Å². The predicted octanol–water partition coefficient (Wildman–Crippen LogP) is 5.30. The Morgan fingerprint density at radius 2 is 1.57 bits per heavy atom. The van der Waals surface area contributed by atoms with Crippen molar-refractivity contribution in [2.24, 2.45) is 0 Å². The number of nitrogens with one attached hydrogen (secondary N) is 1. The molecule has 21 heavy (non-hydrogen) atoms. The minimum atomic E-state index is 0.563. The molecule has 2 atom stereocenters. The molecule has 1 heterocycles. The Kier molecular flexibility index (Phi) is 10.1. The molecule has 0 spiro atoms. The van der Waals surface area contributed by atoms with Crippen LogP contribution in [0.3, 0.4) is 0 Å². The standard InChI is InChI=1S/C19H34N2/c1-4-6-7-8-9-10-11-12-19(21-5-2)17(3)18-13-15-20-16-14-18/h13-17,19,21H,4-12H2,1-3H3. The molecule has 0 saturated heterocycles. The van der Waals surface area contributed by atoms with Crippen LogP contribution in [0, 0.1) is 0 Å². The largest absolute Gasteiger partial charge is 0.314 e. The molecule has 120 valence electrons. The van der Waals surface area contributed by atoms with Crippen LogP contribution in [0.4, 0.5) is 0 Å². The van der Waals surface area contributed by atoms with E-state index in [1.54, 1.807) is 0 Å². The van der Waals surface area contributed by atoms with Gasteiger partial charge in [-0.15, -0.1) is 0 Å². The third kappa shape index (κ3) is 7.61. The lowest BCUT2D eigenvalue weighted by Crippen LogP contribution is -2.33. The van der Waals surface area contributed by atoms with E-state index in [-0.39, 0.29) is 0 Å². The number of hydrogen-bond donors (Lipinski definition) is 1. The van der Waals surface area contributed by atoms with E-state index in [0.29, 0.717) is 12.0 Å². The van der Waals surface area contributed by atoms with E-state index in [4.69, 9.17) is 0 Å². The van der Waals surface area contributed by atoms with Crippen LogP contribution in [-0.2, 0) is 0 Å². The Morgan fingerprint density at radius 3 is 2.19 bits per heavy atom. The summed E-state index contributed by atoms with van der Waals surface area (Å²) < 4.78 is 0. The van der Waals surface area contributed by atoms with Crippen LogP contribution in [0.5, 0.6) is 0 Å². The van der Waals surface area contributed by atoms with Crippen LogP contribution in [0.25, 0.3) is 0 Å². The second kappa shape index (κ2) is 11.7. The van der Waals surface area contributed by atoms with Crippen molar-refractivity contribution < 1.29 is 0 Å². The number of rotatable bonds is 12. The van der Waals surface area contributed by atoms with E-state index < -0.39 is 0 Å². The van der Waals surface area contributed by atoms with Crippen molar-refractivity contribution in [3.8, 4) is 0 Å². The van der Waals surface area contributed by atoms with Gasteiger partial charge in [-0.3, -0.25) is 4.98 Å². The summed E-state index contributed by atoms with van der Waals surface area (Å²) in [6, 6.07) is 4.90. The summed E-state index contributed by atoms with van der Waals surface area (Å²) in [7, 11) is 0. The first-order valence-corrected chi connectivity index (χ1v) is 8.92. The third-order valence-corrected chi connectivity index (χ3v) is 4.42. The van der Waals surface area contributed by atoms with Gasteiger partial charge >= 0.3 is 0 Å². The monoisotopic (exact) mass is 290 g/mol. The zero-order valence-electron chi connectivity index (χ0n) is 14.3. The Morgan fingerprint density at radius 1 is 0.952 bits per heavy atom. The molecule has 0 aliphatic rings. The normalized spacial score (nSPS) is 14.0. The average molecular weight is 290 g/mol. The summed E-state index contributed by atoms with van der Waals surface area (Å²) in [5, 5.41) is 3.67. The van der Waals surface area contributed by atoms with Crippen molar-refractivity contribution in [2.45, 2.75) is 84.1 Å². The fraction of sp³-hybridized carbons (Fsp3) is 0.737. The molecule has 0 aliphatic carbocycles. The number of hydrogen-bond acceptors (Lipinski definition) is 2. The maximum atomic E-state index is 4.12. The summed E-state index contributed by atoms with van der Waals surface area (Å²) in [4.78, 5) is 4.12. The quantitative estimate of drug-likeness (QED) is 0.528. The fourth-order valence-corrected chi connectivity index (χ4v) is 3.01. The maximum absolute atomic E-state index is 4.12. The molecule has 0 saturated carbocycles. The second-order valence-electron chi connectivity index (χ2n) is 6.14. The van der Waals surface area contributed by atoms with Gasteiger partial charge in [0.1, 0.15) is 0 Å². The summed E-state index contributed by atoms with van der Waals surface area (Å²) in [5.74, 6) is 0.563. The van der Waals surface area contributed by atoms with Gasteiger partial charge in [0, 0.05) is 18.4 Å². The highest BCUT2D eigenvalue weighted by Crippen LogP contribution is 2.22. The van der Waals surface area contributed by atoms with Gasteiger partial charge in [-0.1, -0.05) is 65.7 Å². The fourth-order valence-electron chi connectivity index (χ4n) is 3.01. The van der Waals surface area contributed by atoms with Gasteiger partial charge in [-0.05, 0) is 36.6 Å². The zero-order valence-corrected chi connectivity index (χ0v) is 14.3. The average Bonchev–Trinajstić information content (AvgIpc) is 2.53. The molecule has 2 nitrogen and oxygen atoms in total. The van der Waals surface area contributed by atoms with E-state index in [0.717, 1.165) is 6.54 Å². The minimum absolute atomic E-state index is 0.563. The Bertz CT molecular complexity index is 337. The highest BCUT2D eigenvalue weighted by atomic mass is 14.9. The molecule has 1 rings (SSSR count). The van der Waals surface area contributed by atoms with Gasteiger partial charge in [0.2, 0.25) is 0 Å². The number of likely N-dealkylation sites (N-methyl/N-ethyl adjacent to an activating group) is 1. The highest BCUT2D eigenvalue weighted by Gasteiger charge is 2.17. The number of nitrogens with zero attached hydrogens (tertiary/aromatic N) is 1. The lowest BCUT2D eigenvalue weighted by Gasteiger charge is -2.25. The molecule has 0 aliphatic heterocycles. The van der Waals surface area contributed by atoms with Gasteiger partial charge in [-0.2, -0.15) is 0 Å². The van der Waals surface area contributed by atoms with Crippen molar-refractivity contribution in [1.82, 2.24) is 10.3 Å². The summed E-state index contributed by atoms with van der Waals surface area (Å²) in [6.07, 6.45) is 14.8. The van der Waals surface area contributed by atoms with E-state index in [1.165, 1.54) is 56.9 Å². The molecule has 1 aromatic rings. The molecule has 0 aromatic carbocycles. The molecule has 0 radical (unpaired) electrons. The highest BCUT2D eigenvalue weighted by molar-refractivity contribution is 5.17. The van der Waals surface area contributed by atoms with Crippen molar-refractivity contribution in [3.05, 3.63) is 30.1 Å². The third-order valence-electron chi connectivity index (χ3n) is 4.42. The first-order chi connectivity index (χ1) is 10.3. The van der Waals surface area contributed by atoms with Gasteiger partial charge < -0.3 is 5.32 Å². The van der Waals surface area contributed by atoms with Gasteiger partial charge in [0.25, 0.3) is 0 Å². The van der Waals surface area contributed by atoms with Crippen LogP contribution in [0.15, 0.2) is 24.5 Å². The maximum Gasteiger partial charge on any atom is 0.0270 e. The van der Waals surface area contributed by atoms with Crippen molar-refractivity contribution >= 4 is 0 Å². The van der Waals surface area contributed by atoms with Crippen LogP contribution in [0.2, 0.25) is 0 Å². The lowest BCUT2D eigenvalue weighted by atomic mass is 9.90. The Hall–Kier alpha value is -0.890. The summed E-state index contributed by atoms with van der Waals surface area (Å²) in [6.45, 7) is 7.87. The van der Waals surface area contributed by atoms with E-state index in [1.807, 2.05) is 12.4 Å². The molecule has 0 bridgehead atoms. The number of aromatic nitrogens is 1. The Labute approximate surface area is 131 Å². The zero-order chi connectivity index (χ0) is 15.3. The van der Waals surface area contributed by atoms with Crippen LogP contribution >= 0.6 is 0 Å². The van der Waals surface area contributed by atoms with E-state index in [2.05, 4.69) is 43.2 Å². The summed E-state index contributed by atoms with van der Waals surface area (Å²) in [5.41, 5.74) is 1.40. The molecule has 0 fully saturated rings. The van der Waals surface area contributed by atoms with Gasteiger partial charge in [0.05, 0.1) is 0 Å². The SMILES string of the molecule is CCCCCCCCCC(NCC)C(C)c1ccncc1. The first-order valence-electron chi connectivity index (χ1n) is 8.92. The smallest absolute Gasteiger partial charge is 0.0270 e. The molecule has 1 N–H and O–H groups in total. The Balaban J connectivity index is 2.29. The van der Waals surface area contributed by atoms with Crippen LogP contribution < -0.4 is 5.32 Å². The van der Waals surface area contributed by atoms with Crippen LogP contribution in [0.1, 0.15) is 83.6 Å². The second-order valence-corrected chi connectivity index (χ2v) is 6.14. The molecular weight excluding hydrogens is 256 g/mol. The topological polar surface area (TPSA) is 24.9 Å². The van der Waals surface area contributed by atoms with E-state index in [9.17, 15) is 0 Å². The molecule has 2 unspecified atom stereocenters. The number of pyridine rings is 1. The molecule has 2 heteroatoms. The lowest BCUT2D eigenvalue weighted by molar-refractivity contribution is 0.412. The van der Waals surface area contributed by atoms with Crippen LogP contribution in [-0.4, -0.2) is 17.6 Å². The summed E-state index contributed by atoms with van der Waals surface area (Å²) >= 11 is 0. The molecule has 1 aromatic heterocycles. The minimum Gasteiger partial charge on any atom is -0.314 e. The first kappa shape index (κ1) is 18.2. The molecule has 0 amide bonds. The molecular formula is C19H34N2. The van der Waals surface area contributed by atoms with Gasteiger partial charge in [0.15, 0.2) is 0 Å². The number of unbranched alkanes of at least 4 members (excludes halogenated alkanes) is 6. The van der Waals surface area contributed by atoms with E-state index >= 15 is 0 Å². The van der Waals surface area contributed by atoms with Crippen molar-refractivity contribution in [1.29, 1.82) is 0 Å². The predicted molar refractivity (Wildman–Crippen MR) is 92.7 cm³/mol. The van der Waals surface area contributed by atoms with Crippen molar-refractivity contribution in [3.63, 3.8) is 0 Å².